The number of urea groups is 1. The summed E-state index contributed by atoms with van der Waals surface area (Å²) in [4.78, 5) is 37.8. The average molecular weight is 537 g/mol. The summed E-state index contributed by atoms with van der Waals surface area (Å²) in [6.45, 7) is 3.85. The van der Waals surface area contributed by atoms with Crippen LogP contribution in [0.3, 0.4) is 0 Å². The van der Waals surface area contributed by atoms with Crippen LogP contribution in [0.5, 0.6) is 0 Å². The number of anilines is 5. The predicted octanol–water partition coefficient (Wildman–Crippen LogP) is 5.41. The number of alkyl halides is 3. The molecule has 5 rings (SSSR count). The number of fused-ring (bicyclic) bond motifs is 1. The fourth-order valence-corrected chi connectivity index (χ4v) is 4.17. The molecular formula is C26H23F3N8O2. The van der Waals surface area contributed by atoms with Gasteiger partial charge in [0.25, 0.3) is 5.91 Å². The number of hydrogen-bond acceptors (Lipinski definition) is 6. The van der Waals surface area contributed by atoms with Crippen LogP contribution in [0.25, 0.3) is 0 Å². The highest BCUT2D eigenvalue weighted by Gasteiger charge is 2.32. The van der Waals surface area contributed by atoms with Gasteiger partial charge in [-0.1, -0.05) is 12.1 Å². The van der Waals surface area contributed by atoms with E-state index in [1.807, 2.05) is 13.8 Å². The number of aryl methyl sites for hydroxylation is 2. The van der Waals surface area contributed by atoms with Crippen molar-refractivity contribution >= 4 is 40.9 Å². The highest BCUT2D eigenvalue weighted by atomic mass is 19.4. The molecule has 2 aromatic heterocycles. The Balaban J connectivity index is 1.38. The van der Waals surface area contributed by atoms with Gasteiger partial charge in [0.15, 0.2) is 5.82 Å². The molecule has 3 heterocycles. The number of H-pyrrole nitrogens is 1. The summed E-state index contributed by atoms with van der Waals surface area (Å²) in [7, 11) is 1.59. The third-order valence-corrected chi connectivity index (χ3v) is 6.16. The number of hydrogen-bond donors (Lipinski definition) is 3. The van der Waals surface area contributed by atoms with E-state index in [0.717, 1.165) is 23.4 Å². The molecule has 39 heavy (non-hydrogen) atoms. The quantitative estimate of drug-likeness (QED) is 0.314. The van der Waals surface area contributed by atoms with Gasteiger partial charge in [0.05, 0.1) is 17.8 Å². The second kappa shape index (κ2) is 9.74. The Morgan fingerprint density at radius 1 is 1.10 bits per heavy atom. The molecule has 0 saturated carbocycles. The minimum Gasteiger partial charge on any atom is -0.322 e. The Kier molecular flexibility index (Phi) is 6.42. The van der Waals surface area contributed by atoms with Crippen molar-refractivity contribution in [3.05, 3.63) is 82.7 Å². The summed E-state index contributed by atoms with van der Waals surface area (Å²) in [6, 6.07) is 10.6. The van der Waals surface area contributed by atoms with Gasteiger partial charge in [-0.3, -0.25) is 19.7 Å². The summed E-state index contributed by atoms with van der Waals surface area (Å²) in [5.74, 6) is 0.554. The minimum atomic E-state index is -4.57. The van der Waals surface area contributed by atoms with E-state index in [0.29, 0.717) is 28.6 Å². The van der Waals surface area contributed by atoms with Gasteiger partial charge in [-0.05, 0) is 49.7 Å². The van der Waals surface area contributed by atoms with Gasteiger partial charge in [0, 0.05) is 41.8 Å². The highest BCUT2D eigenvalue weighted by Crippen LogP contribution is 2.34. The summed E-state index contributed by atoms with van der Waals surface area (Å²) < 4.78 is 39.2. The molecule has 0 unspecified atom stereocenters. The van der Waals surface area contributed by atoms with Crippen LogP contribution in [0.4, 0.5) is 46.9 Å². The zero-order valence-electron chi connectivity index (χ0n) is 21.1. The maximum atomic E-state index is 13.4. The van der Waals surface area contributed by atoms with Crippen LogP contribution >= 0.6 is 0 Å². The summed E-state index contributed by atoms with van der Waals surface area (Å²) >= 11 is 0. The topological polar surface area (TPSA) is 119 Å². The number of benzene rings is 2. The first kappa shape index (κ1) is 25.7. The molecule has 0 bridgehead atoms. The van der Waals surface area contributed by atoms with Crippen molar-refractivity contribution in [3.8, 4) is 0 Å². The Hall–Kier alpha value is -4.94. The van der Waals surface area contributed by atoms with Crippen LogP contribution in [-0.4, -0.2) is 39.2 Å². The molecule has 0 saturated heterocycles. The standard InChI is InChI=1S/C26H23F3N8O2/c1-14-7-8-19(31-23(38)16-5-4-6-18(10-16)26(27,28)29)11-20(14)37-13-17-12-30-24(32-21-9-15(2)34-35-21)33-22(17)36(3)25(37)39/h4-12H,13H2,1-3H3,(H,31,38)(H2,30,32,33,34,35). The van der Waals surface area contributed by atoms with E-state index in [4.69, 9.17) is 0 Å². The second-order valence-corrected chi connectivity index (χ2v) is 9.07. The van der Waals surface area contributed by atoms with Crippen molar-refractivity contribution in [2.45, 2.75) is 26.6 Å². The smallest absolute Gasteiger partial charge is 0.322 e. The molecule has 200 valence electrons. The molecule has 1 aliphatic rings. The van der Waals surface area contributed by atoms with Crippen LogP contribution < -0.4 is 20.4 Å². The molecule has 0 aliphatic carbocycles. The van der Waals surface area contributed by atoms with Crippen LogP contribution in [0, 0.1) is 13.8 Å². The molecule has 3 N–H and O–H groups in total. The maximum Gasteiger partial charge on any atom is 0.416 e. The van der Waals surface area contributed by atoms with E-state index < -0.39 is 17.6 Å². The molecule has 0 spiro atoms. The molecule has 2 aromatic carbocycles. The molecule has 13 heteroatoms. The Morgan fingerprint density at radius 2 is 1.90 bits per heavy atom. The third-order valence-electron chi connectivity index (χ3n) is 6.16. The van der Waals surface area contributed by atoms with Crippen LogP contribution in [-0.2, 0) is 12.7 Å². The van der Waals surface area contributed by atoms with Gasteiger partial charge in [-0.15, -0.1) is 0 Å². The number of rotatable bonds is 5. The second-order valence-electron chi connectivity index (χ2n) is 9.07. The number of nitrogens with one attached hydrogen (secondary N) is 3. The fourth-order valence-electron chi connectivity index (χ4n) is 4.17. The van der Waals surface area contributed by atoms with Gasteiger partial charge in [0.1, 0.15) is 5.82 Å². The molecule has 3 amide bonds. The number of nitrogens with zero attached hydrogens (tertiary/aromatic N) is 5. The van der Waals surface area contributed by atoms with E-state index in [1.165, 1.54) is 21.9 Å². The van der Waals surface area contributed by atoms with Gasteiger partial charge in [-0.2, -0.15) is 23.3 Å². The summed E-state index contributed by atoms with van der Waals surface area (Å²) in [5.41, 5.74) is 2.10. The third kappa shape index (κ3) is 5.23. The van der Waals surface area contributed by atoms with E-state index in [1.54, 1.807) is 37.5 Å². The Labute approximate surface area is 220 Å². The summed E-state index contributed by atoms with van der Waals surface area (Å²) in [5, 5.41) is 12.5. The fraction of sp³-hybridized carbons (Fsp3) is 0.192. The summed E-state index contributed by atoms with van der Waals surface area (Å²) in [6.07, 6.45) is -2.95. The lowest BCUT2D eigenvalue weighted by molar-refractivity contribution is -0.137. The first-order valence-corrected chi connectivity index (χ1v) is 11.8. The van der Waals surface area contributed by atoms with Crippen molar-refractivity contribution in [3.63, 3.8) is 0 Å². The van der Waals surface area contributed by atoms with E-state index in [9.17, 15) is 22.8 Å². The lowest BCUT2D eigenvalue weighted by atomic mass is 10.1. The number of amides is 3. The number of halogens is 3. The predicted molar refractivity (Wildman–Crippen MR) is 139 cm³/mol. The van der Waals surface area contributed by atoms with Crippen LogP contribution in [0.15, 0.2) is 54.7 Å². The van der Waals surface area contributed by atoms with Crippen LogP contribution in [0.2, 0.25) is 0 Å². The minimum absolute atomic E-state index is 0.138. The zero-order valence-corrected chi connectivity index (χ0v) is 21.1. The van der Waals surface area contributed by atoms with E-state index >= 15 is 0 Å². The number of carbonyl (C=O) groups is 2. The lowest BCUT2D eigenvalue weighted by Crippen LogP contribution is -2.46. The first-order chi connectivity index (χ1) is 18.5. The van der Waals surface area contributed by atoms with E-state index in [-0.39, 0.29) is 24.1 Å². The molecule has 0 radical (unpaired) electrons. The first-order valence-electron chi connectivity index (χ1n) is 11.8. The number of carbonyl (C=O) groups excluding carboxylic acids is 2. The average Bonchev–Trinajstić information content (AvgIpc) is 3.31. The van der Waals surface area contributed by atoms with Crippen molar-refractivity contribution in [2.75, 3.05) is 27.5 Å². The lowest BCUT2D eigenvalue weighted by Gasteiger charge is -2.35. The Morgan fingerprint density at radius 3 is 2.62 bits per heavy atom. The van der Waals surface area contributed by atoms with E-state index in [2.05, 4.69) is 30.8 Å². The van der Waals surface area contributed by atoms with Gasteiger partial charge in [-0.25, -0.2) is 9.78 Å². The molecule has 10 nitrogen and oxygen atoms in total. The maximum absolute atomic E-state index is 13.4. The van der Waals surface area contributed by atoms with Crippen LogP contribution in [0.1, 0.15) is 32.7 Å². The Bertz CT molecular complexity index is 1580. The highest BCUT2D eigenvalue weighted by molar-refractivity contribution is 6.07. The molecule has 1 aliphatic heterocycles. The van der Waals surface area contributed by atoms with Gasteiger partial charge < -0.3 is 10.6 Å². The van der Waals surface area contributed by atoms with Crippen molar-refractivity contribution in [1.29, 1.82) is 0 Å². The van der Waals surface area contributed by atoms with Gasteiger partial charge in [0.2, 0.25) is 5.95 Å². The van der Waals surface area contributed by atoms with Crippen molar-refractivity contribution in [2.24, 2.45) is 0 Å². The monoisotopic (exact) mass is 536 g/mol. The normalized spacial score (nSPS) is 13.3. The molecular weight excluding hydrogens is 513 g/mol. The number of aromatic amines is 1. The molecule has 0 fully saturated rings. The number of aromatic nitrogens is 4. The zero-order chi connectivity index (χ0) is 27.9. The van der Waals surface area contributed by atoms with Crippen molar-refractivity contribution < 1.29 is 22.8 Å². The molecule has 0 atom stereocenters. The van der Waals surface area contributed by atoms with Gasteiger partial charge >= 0.3 is 12.2 Å². The van der Waals surface area contributed by atoms with Crippen molar-refractivity contribution in [1.82, 2.24) is 20.2 Å². The SMILES string of the molecule is Cc1cc(Nc2ncc3c(n2)N(C)C(=O)N(c2cc(NC(=O)c4cccc(C(F)(F)F)c4)ccc2C)C3)n[nH]1. The largest absolute Gasteiger partial charge is 0.416 e. The molecule has 4 aromatic rings.